The van der Waals surface area contributed by atoms with E-state index in [2.05, 4.69) is 15.2 Å². The zero-order valence-electron chi connectivity index (χ0n) is 15.0. The van der Waals surface area contributed by atoms with Crippen molar-refractivity contribution in [3.63, 3.8) is 0 Å². The van der Waals surface area contributed by atoms with Gasteiger partial charge in [-0.05, 0) is 18.3 Å². The van der Waals surface area contributed by atoms with Gasteiger partial charge in [-0.25, -0.2) is 9.59 Å². The van der Waals surface area contributed by atoms with Crippen LogP contribution in [0.3, 0.4) is 0 Å². The van der Waals surface area contributed by atoms with Crippen LogP contribution >= 0.6 is 12.2 Å². The fraction of sp³-hybridized carbons (Fsp3) is 0.235. The second-order valence-electron chi connectivity index (χ2n) is 5.59. The monoisotopic (exact) mass is 404 g/mol. The van der Waals surface area contributed by atoms with Gasteiger partial charge < -0.3 is 19.1 Å². The molecule has 1 aromatic carbocycles. The third-order valence-electron chi connectivity index (χ3n) is 3.99. The van der Waals surface area contributed by atoms with E-state index in [9.17, 15) is 14.4 Å². The maximum absolute atomic E-state index is 12.5. The van der Waals surface area contributed by atoms with Crippen molar-refractivity contribution >= 4 is 29.8 Å². The molecule has 11 heteroatoms. The fourth-order valence-electron chi connectivity index (χ4n) is 2.77. The third kappa shape index (κ3) is 3.57. The highest BCUT2D eigenvalue weighted by atomic mass is 32.1. The summed E-state index contributed by atoms with van der Waals surface area (Å²) in [6.45, 7) is -0.171. The molecule has 0 radical (unpaired) electrons. The quantitative estimate of drug-likeness (QED) is 0.564. The largest absolute Gasteiger partial charge is 0.466 e. The van der Waals surface area contributed by atoms with Gasteiger partial charge in [-0.15, -0.1) is 0 Å². The number of hydrogen-bond acceptors (Lipinski definition) is 9. The Bertz CT molecular complexity index is 1070. The number of rotatable bonds is 4. The van der Waals surface area contributed by atoms with E-state index in [1.807, 2.05) is 0 Å². The summed E-state index contributed by atoms with van der Waals surface area (Å²) < 4.78 is 15.1. The molecule has 0 saturated carbocycles. The highest BCUT2D eigenvalue weighted by Gasteiger charge is 2.33. The molecule has 0 fully saturated rings. The number of carbonyl (C=O) groups is 2. The van der Waals surface area contributed by atoms with E-state index in [0.29, 0.717) is 11.3 Å². The number of anilines is 1. The molecule has 146 valence electrons. The highest BCUT2D eigenvalue weighted by molar-refractivity contribution is 7.71. The van der Waals surface area contributed by atoms with Gasteiger partial charge in [0.05, 0.1) is 32.1 Å². The Hall–Kier alpha value is -3.31. The predicted octanol–water partition coefficient (Wildman–Crippen LogP) is 0.889. The number of methoxy groups -OCH3 is 2. The maximum Gasteiger partial charge on any atom is 0.355 e. The van der Waals surface area contributed by atoms with Crippen molar-refractivity contribution in [2.45, 2.75) is 0 Å². The summed E-state index contributed by atoms with van der Waals surface area (Å²) in [4.78, 5) is 40.8. The summed E-state index contributed by atoms with van der Waals surface area (Å²) in [6, 6.07) is 6.71. The van der Waals surface area contributed by atoms with Crippen LogP contribution in [0.15, 0.2) is 40.3 Å². The van der Waals surface area contributed by atoms with E-state index in [0.717, 1.165) is 0 Å². The smallest absolute Gasteiger partial charge is 0.355 e. The summed E-state index contributed by atoms with van der Waals surface area (Å²) in [7, 11) is 2.40. The third-order valence-corrected chi connectivity index (χ3v) is 4.19. The molecule has 0 spiro atoms. The van der Waals surface area contributed by atoms with Crippen molar-refractivity contribution in [2.75, 3.05) is 32.5 Å². The minimum Gasteiger partial charge on any atom is -0.466 e. The van der Waals surface area contributed by atoms with Crippen LogP contribution in [0.25, 0.3) is 11.3 Å². The van der Waals surface area contributed by atoms with Crippen molar-refractivity contribution in [3.8, 4) is 11.3 Å². The minimum atomic E-state index is -0.743. The van der Waals surface area contributed by atoms with E-state index >= 15 is 0 Å². The first-order valence-corrected chi connectivity index (χ1v) is 8.42. The molecule has 1 aliphatic rings. The summed E-state index contributed by atoms with van der Waals surface area (Å²) >= 11 is 4.87. The lowest BCUT2D eigenvalue weighted by Gasteiger charge is -2.32. The SMILES string of the molecule is COC(=O)C1=C(C(=O)OC)N(c2ccccc2-c2n[nH]c(=S)[nH]c2=O)COC1. The Balaban J connectivity index is 2.22. The van der Waals surface area contributed by atoms with Crippen LogP contribution in [0.1, 0.15) is 0 Å². The van der Waals surface area contributed by atoms with E-state index in [1.165, 1.54) is 19.1 Å². The Labute approximate surface area is 163 Å². The molecule has 1 aromatic heterocycles. The first kappa shape index (κ1) is 19.5. The number of aromatic amines is 2. The van der Waals surface area contributed by atoms with Crippen LogP contribution in [0, 0.1) is 4.77 Å². The van der Waals surface area contributed by atoms with Gasteiger partial charge in [0.1, 0.15) is 12.4 Å². The molecule has 2 aromatic rings. The van der Waals surface area contributed by atoms with Gasteiger partial charge in [0.15, 0.2) is 10.5 Å². The molecule has 2 heterocycles. The number of hydrogen-bond donors (Lipinski definition) is 2. The second-order valence-corrected chi connectivity index (χ2v) is 6.00. The number of carbonyl (C=O) groups excluding carboxylic acids is 2. The molecule has 10 nitrogen and oxygen atoms in total. The van der Waals surface area contributed by atoms with Gasteiger partial charge in [-0.2, -0.15) is 5.10 Å². The number of nitrogens with one attached hydrogen (secondary N) is 2. The van der Waals surface area contributed by atoms with Crippen LogP contribution in [0.4, 0.5) is 5.69 Å². The van der Waals surface area contributed by atoms with Gasteiger partial charge in [0.25, 0.3) is 5.56 Å². The van der Waals surface area contributed by atoms with Crippen LogP contribution < -0.4 is 10.5 Å². The van der Waals surface area contributed by atoms with Crippen LogP contribution in [0.2, 0.25) is 0 Å². The van der Waals surface area contributed by atoms with Crippen molar-refractivity contribution in [3.05, 3.63) is 50.7 Å². The number of nitrogens with zero attached hydrogens (tertiary/aromatic N) is 2. The first-order valence-electron chi connectivity index (χ1n) is 8.01. The van der Waals surface area contributed by atoms with Gasteiger partial charge >= 0.3 is 11.9 Å². The van der Waals surface area contributed by atoms with Crippen molar-refractivity contribution in [1.82, 2.24) is 15.2 Å². The van der Waals surface area contributed by atoms with E-state index in [4.69, 9.17) is 26.4 Å². The molecule has 0 bridgehead atoms. The highest BCUT2D eigenvalue weighted by Crippen LogP contribution is 2.33. The van der Waals surface area contributed by atoms with Gasteiger partial charge in [0.2, 0.25) is 0 Å². The second kappa shape index (κ2) is 8.15. The fourth-order valence-corrected chi connectivity index (χ4v) is 2.91. The van der Waals surface area contributed by atoms with E-state index in [1.54, 1.807) is 24.3 Å². The molecule has 28 heavy (non-hydrogen) atoms. The molecule has 1 aliphatic heterocycles. The predicted molar refractivity (Wildman–Crippen MR) is 99.8 cm³/mol. The lowest BCUT2D eigenvalue weighted by molar-refractivity contribution is -0.140. The Morgan fingerprint density at radius 2 is 1.93 bits per heavy atom. The van der Waals surface area contributed by atoms with E-state index in [-0.39, 0.29) is 35.1 Å². The maximum atomic E-state index is 12.5. The lowest BCUT2D eigenvalue weighted by Crippen LogP contribution is -2.39. The molecule has 0 atom stereocenters. The molecular weight excluding hydrogens is 388 g/mol. The molecule has 0 amide bonds. The molecule has 3 rings (SSSR count). The summed E-state index contributed by atoms with van der Waals surface area (Å²) in [5, 5.41) is 6.53. The number of aromatic nitrogens is 3. The number of esters is 2. The molecule has 0 saturated heterocycles. The van der Waals surface area contributed by atoms with Gasteiger partial charge in [0, 0.05) is 5.56 Å². The summed E-state index contributed by atoms with van der Waals surface area (Å²) in [6.07, 6.45) is 0. The molecule has 2 N–H and O–H groups in total. The Morgan fingerprint density at radius 3 is 2.61 bits per heavy atom. The summed E-state index contributed by atoms with van der Waals surface area (Å²) in [5.74, 6) is -1.46. The molecular formula is C17H16N4O6S. The number of ether oxygens (including phenoxy) is 3. The average molecular weight is 404 g/mol. The number of H-pyrrole nitrogens is 2. The lowest BCUT2D eigenvalue weighted by atomic mass is 10.1. The van der Waals surface area contributed by atoms with Crippen LogP contribution in [0.5, 0.6) is 0 Å². The average Bonchev–Trinajstić information content (AvgIpc) is 2.72. The normalized spacial score (nSPS) is 14.0. The van der Waals surface area contributed by atoms with Gasteiger partial charge in [-0.3, -0.25) is 14.9 Å². The topological polar surface area (TPSA) is 127 Å². The Kier molecular flexibility index (Phi) is 5.66. The molecule has 0 aliphatic carbocycles. The van der Waals surface area contributed by atoms with Crippen molar-refractivity contribution in [2.24, 2.45) is 0 Å². The number of para-hydroxylation sites is 1. The first-order chi connectivity index (χ1) is 13.5. The van der Waals surface area contributed by atoms with Crippen LogP contribution in [-0.2, 0) is 23.8 Å². The van der Waals surface area contributed by atoms with Crippen LogP contribution in [-0.4, -0.2) is 54.7 Å². The summed E-state index contributed by atoms with van der Waals surface area (Å²) in [5.41, 5.74) is 0.321. The zero-order chi connectivity index (χ0) is 20.3. The standard InChI is InChI=1S/C17H16N4O6S/c1-25-15(23)10-7-27-8-21(13(10)16(24)26-2)11-6-4-3-5-9(11)12-14(22)18-17(28)20-19-12/h3-6H,7-8H2,1-2H3,(H2,18,20,22,28). The van der Waals surface area contributed by atoms with E-state index < -0.39 is 17.5 Å². The molecule has 0 unspecified atom stereocenters. The zero-order valence-corrected chi connectivity index (χ0v) is 15.8. The van der Waals surface area contributed by atoms with Crippen molar-refractivity contribution < 1.29 is 23.8 Å². The Morgan fingerprint density at radius 1 is 1.21 bits per heavy atom. The van der Waals surface area contributed by atoms with Crippen molar-refractivity contribution in [1.29, 1.82) is 0 Å². The van der Waals surface area contributed by atoms with Gasteiger partial charge in [-0.1, -0.05) is 18.2 Å². The minimum absolute atomic E-state index is 0.00439. The number of benzene rings is 1.